The van der Waals surface area contributed by atoms with Gasteiger partial charge in [-0.2, -0.15) is 0 Å². The monoisotopic (exact) mass is 276 g/mol. The number of aromatic nitrogens is 2. The molecule has 1 amide bonds. The molecule has 0 radical (unpaired) electrons. The number of rotatable bonds is 4. The van der Waals surface area contributed by atoms with Gasteiger partial charge in [0.25, 0.3) is 5.91 Å². The number of nitrogens with zero attached hydrogens (tertiary/aromatic N) is 3. The van der Waals surface area contributed by atoms with Gasteiger partial charge in [0, 0.05) is 19.6 Å². The molecule has 2 rings (SSSR count). The Kier molecular flexibility index (Phi) is 5.77. The highest BCUT2D eigenvalue weighted by Gasteiger charge is 2.18. The Hall–Kier alpha value is -1.65. The molecule has 0 spiro atoms. The molecule has 0 bridgehead atoms. The van der Waals surface area contributed by atoms with Crippen molar-refractivity contribution >= 4 is 11.7 Å². The third-order valence-electron chi connectivity index (χ3n) is 3.58. The summed E-state index contributed by atoms with van der Waals surface area (Å²) in [6, 6.07) is 3.60. The molecular formula is C15H24N4O. The van der Waals surface area contributed by atoms with Crippen LogP contribution in [0.25, 0.3) is 0 Å². The smallest absolute Gasteiger partial charge is 0.274 e. The second-order valence-electron chi connectivity index (χ2n) is 5.29. The average Bonchev–Trinajstić information content (AvgIpc) is 2.45. The highest BCUT2D eigenvalue weighted by atomic mass is 16.2. The number of hydrogen-bond donors (Lipinski definition) is 1. The molecule has 1 saturated heterocycles. The van der Waals surface area contributed by atoms with Crippen molar-refractivity contribution in [1.82, 2.24) is 15.1 Å². The maximum Gasteiger partial charge on any atom is 0.274 e. The Morgan fingerprint density at radius 3 is 2.45 bits per heavy atom. The lowest BCUT2D eigenvalue weighted by molar-refractivity contribution is 0.0735. The van der Waals surface area contributed by atoms with E-state index < -0.39 is 0 Å². The second-order valence-corrected chi connectivity index (χ2v) is 5.29. The van der Waals surface area contributed by atoms with Crippen LogP contribution in [0.5, 0.6) is 0 Å². The molecule has 1 aromatic rings. The maximum atomic E-state index is 12.4. The first-order chi connectivity index (χ1) is 9.81. The van der Waals surface area contributed by atoms with Crippen LogP contribution in [0.3, 0.4) is 0 Å². The topological polar surface area (TPSA) is 58.1 Å². The van der Waals surface area contributed by atoms with E-state index in [2.05, 4.69) is 22.4 Å². The summed E-state index contributed by atoms with van der Waals surface area (Å²) in [6.45, 7) is 4.65. The van der Waals surface area contributed by atoms with Crippen molar-refractivity contribution in [2.75, 3.05) is 25.0 Å². The highest BCUT2D eigenvalue weighted by molar-refractivity contribution is 5.92. The Morgan fingerprint density at radius 1 is 1.15 bits per heavy atom. The lowest BCUT2D eigenvalue weighted by atomic mass is 10.1. The predicted octanol–water partition coefficient (Wildman–Crippen LogP) is 2.70. The molecule has 110 valence electrons. The van der Waals surface area contributed by atoms with Crippen LogP contribution in [0.1, 0.15) is 55.9 Å². The summed E-state index contributed by atoms with van der Waals surface area (Å²) >= 11 is 0. The number of nitrogens with one attached hydrogen (secondary N) is 1. The van der Waals surface area contributed by atoms with E-state index in [0.29, 0.717) is 5.69 Å². The molecule has 1 aromatic heterocycles. The number of carbonyl (C=O) groups excluding carboxylic acids is 1. The largest absolute Gasteiger partial charge is 0.369 e. The fourth-order valence-electron chi connectivity index (χ4n) is 2.41. The van der Waals surface area contributed by atoms with Crippen molar-refractivity contribution in [3.05, 3.63) is 17.8 Å². The average molecular weight is 276 g/mol. The van der Waals surface area contributed by atoms with Crippen molar-refractivity contribution in [3.63, 3.8) is 0 Å². The van der Waals surface area contributed by atoms with E-state index >= 15 is 0 Å². The first-order valence-electron chi connectivity index (χ1n) is 7.68. The van der Waals surface area contributed by atoms with Gasteiger partial charge < -0.3 is 10.2 Å². The zero-order chi connectivity index (χ0) is 14.2. The lowest BCUT2D eigenvalue weighted by Gasteiger charge is -2.24. The third-order valence-corrected chi connectivity index (χ3v) is 3.58. The van der Waals surface area contributed by atoms with Gasteiger partial charge in [-0.05, 0) is 31.4 Å². The maximum absolute atomic E-state index is 12.4. The summed E-state index contributed by atoms with van der Waals surface area (Å²) in [5.41, 5.74) is 0.452. The van der Waals surface area contributed by atoms with E-state index in [0.717, 1.165) is 44.7 Å². The summed E-state index contributed by atoms with van der Waals surface area (Å²) in [7, 11) is 0. The minimum absolute atomic E-state index is 0.0152. The fraction of sp³-hybridized carbons (Fsp3) is 0.667. The molecule has 20 heavy (non-hydrogen) atoms. The molecule has 1 fully saturated rings. The highest BCUT2D eigenvalue weighted by Crippen LogP contribution is 2.13. The van der Waals surface area contributed by atoms with Gasteiger partial charge in [-0.1, -0.05) is 26.2 Å². The third kappa shape index (κ3) is 4.18. The van der Waals surface area contributed by atoms with Crippen LogP contribution in [0, 0.1) is 0 Å². The van der Waals surface area contributed by atoms with Crippen LogP contribution in [0.15, 0.2) is 12.1 Å². The number of likely N-dealkylation sites (tertiary alicyclic amines) is 1. The summed E-state index contributed by atoms with van der Waals surface area (Å²) in [5.74, 6) is 0.748. The summed E-state index contributed by atoms with van der Waals surface area (Å²) in [6.07, 6.45) is 6.95. The second kappa shape index (κ2) is 7.82. The Morgan fingerprint density at radius 2 is 1.85 bits per heavy atom. The lowest BCUT2D eigenvalue weighted by Crippen LogP contribution is -2.34. The van der Waals surface area contributed by atoms with Crippen LogP contribution < -0.4 is 5.32 Å². The van der Waals surface area contributed by atoms with Crippen LogP contribution in [0.4, 0.5) is 5.82 Å². The Balaban J connectivity index is 1.96. The molecule has 1 N–H and O–H groups in total. The van der Waals surface area contributed by atoms with E-state index in [9.17, 15) is 4.79 Å². The quantitative estimate of drug-likeness (QED) is 0.918. The molecule has 5 nitrogen and oxygen atoms in total. The van der Waals surface area contributed by atoms with E-state index in [4.69, 9.17) is 0 Å². The first-order valence-corrected chi connectivity index (χ1v) is 7.68. The normalized spacial score (nSPS) is 16.4. The Labute approximate surface area is 120 Å². The van der Waals surface area contributed by atoms with Crippen LogP contribution in [-0.2, 0) is 0 Å². The minimum atomic E-state index is 0.0152. The van der Waals surface area contributed by atoms with Crippen LogP contribution in [0.2, 0.25) is 0 Å². The van der Waals surface area contributed by atoms with Gasteiger partial charge in [-0.15, -0.1) is 10.2 Å². The standard InChI is InChI=1S/C15H24N4O/c1-2-10-16-14-9-8-13(17-18-14)15(20)19-11-6-4-3-5-7-12-19/h8-9H,2-7,10-12H2,1H3,(H,16,18). The Bertz CT molecular complexity index is 410. The van der Waals surface area contributed by atoms with Crippen molar-refractivity contribution in [2.45, 2.75) is 45.4 Å². The molecule has 5 heteroatoms. The molecule has 0 aromatic carbocycles. The summed E-state index contributed by atoms with van der Waals surface area (Å²) in [5, 5.41) is 11.3. The number of carbonyl (C=O) groups is 1. The van der Waals surface area contributed by atoms with Crippen LogP contribution >= 0.6 is 0 Å². The zero-order valence-corrected chi connectivity index (χ0v) is 12.3. The number of amides is 1. The fourth-order valence-corrected chi connectivity index (χ4v) is 2.41. The molecule has 0 aliphatic carbocycles. The van der Waals surface area contributed by atoms with E-state index in [1.807, 2.05) is 11.0 Å². The number of anilines is 1. The van der Waals surface area contributed by atoms with Gasteiger partial charge in [0.05, 0.1) is 0 Å². The van der Waals surface area contributed by atoms with Gasteiger partial charge in [0.15, 0.2) is 5.69 Å². The van der Waals surface area contributed by atoms with Gasteiger partial charge in [-0.3, -0.25) is 4.79 Å². The van der Waals surface area contributed by atoms with Gasteiger partial charge >= 0.3 is 0 Å². The zero-order valence-electron chi connectivity index (χ0n) is 12.3. The van der Waals surface area contributed by atoms with Crippen LogP contribution in [-0.4, -0.2) is 40.6 Å². The molecule has 0 unspecified atom stereocenters. The minimum Gasteiger partial charge on any atom is -0.369 e. The van der Waals surface area contributed by atoms with Gasteiger partial charge in [0.2, 0.25) is 0 Å². The SMILES string of the molecule is CCCNc1ccc(C(=O)N2CCCCCCC2)nn1. The van der Waals surface area contributed by atoms with Gasteiger partial charge in [-0.25, -0.2) is 0 Å². The first kappa shape index (κ1) is 14.8. The molecular weight excluding hydrogens is 252 g/mol. The van der Waals surface area contributed by atoms with Crippen molar-refractivity contribution < 1.29 is 4.79 Å². The molecule has 1 aliphatic heterocycles. The van der Waals surface area contributed by atoms with E-state index in [1.165, 1.54) is 19.3 Å². The number of hydrogen-bond acceptors (Lipinski definition) is 4. The van der Waals surface area contributed by atoms with Gasteiger partial charge in [0.1, 0.15) is 5.82 Å². The molecule has 2 heterocycles. The summed E-state index contributed by atoms with van der Waals surface area (Å²) < 4.78 is 0. The van der Waals surface area contributed by atoms with Crippen molar-refractivity contribution in [1.29, 1.82) is 0 Å². The van der Waals surface area contributed by atoms with E-state index in [1.54, 1.807) is 6.07 Å². The molecule has 0 saturated carbocycles. The predicted molar refractivity (Wildman–Crippen MR) is 79.8 cm³/mol. The van der Waals surface area contributed by atoms with Crippen molar-refractivity contribution in [3.8, 4) is 0 Å². The summed E-state index contributed by atoms with van der Waals surface area (Å²) in [4.78, 5) is 14.3. The van der Waals surface area contributed by atoms with E-state index in [-0.39, 0.29) is 5.91 Å². The molecule has 1 aliphatic rings. The van der Waals surface area contributed by atoms with Crippen molar-refractivity contribution in [2.24, 2.45) is 0 Å². The molecule has 0 atom stereocenters.